The van der Waals surface area contributed by atoms with Gasteiger partial charge in [0.25, 0.3) is 6.71 Å². The monoisotopic (exact) mass is 458 g/mol. The highest BCUT2D eigenvalue weighted by Crippen LogP contribution is 2.19. The number of benzene rings is 3. The molecule has 162 valence electrons. The number of halogens is 12. The summed E-state index contributed by atoms with van der Waals surface area (Å²) < 4.78 is 168. The topological polar surface area (TPSA) is 0 Å². The molecule has 0 aliphatic heterocycles. The van der Waals surface area contributed by atoms with Crippen LogP contribution in [-0.2, 0) is 0 Å². The highest BCUT2D eigenvalue weighted by atomic mass is 19.2. The molecule has 0 bridgehead atoms. The van der Waals surface area contributed by atoms with Crippen LogP contribution in [-0.4, -0.2) is 6.71 Å². The van der Waals surface area contributed by atoms with Crippen LogP contribution < -0.4 is 16.4 Å². The molecule has 0 N–H and O–H groups in total. The summed E-state index contributed by atoms with van der Waals surface area (Å²) in [7, 11) is 0. The minimum absolute atomic E-state index is 0.400. The summed E-state index contributed by atoms with van der Waals surface area (Å²) in [6.07, 6.45) is 0. The molecule has 0 saturated heterocycles. The van der Waals surface area contributed by atoms with Gasteiger partial charge < -0.3 is 0 Å². The average Bonchev–Trinajstić information content (AvgIpc) is 2.69. The zero-order chi connectivity index (χ0) is 23.4. The Kier molecular flexibility index (Phi) is 5.72. The highest BCUT2D eigenvalue weighted by Gasteiger charge is 2.42. The van der Waals surface area contributed by atoms with E-state index < -0.39 is 111 Å². The maximum atomic E-state index is 14.3. The summed E-state index contributed by atoms with van der Waals surface area (Å²) in [6, 6.07) is -1.20. The predicted octanol–water partition coefficient (Wildman–Crippen LogP) is 3.87. The summed E-state index contributed by atoms with van der Waals surface area (Å²) >= 11 is 0. The molecule has 0 aliphatic carbocycles. The van der Waals surface area contributed by atoms with E-state index in [4.69, 9.17) is 0 Å². The van der Waals surface area contributed by atoms with Gasteiger partial charge in [0.05, 0.1) is 0 Å². The van der Waals surface area contributed by atoms with E-state index in [1.165, 1.54) is 0 Å². The molecule has 0 spiro atoms. The molecule has 0 saturated carbocycles. The molecule has 0 atom stereocenters. The van der Waals surface area contributed by atoms with Gasteiger partial charge in [-0.05, 0) is 0 Å². The molecule has 0 nitrogen and oxygen atoms in total. The fourth-order valence-electron chi connectivity index (χ4n) is 2.97. The fraction of sp³-hybridized carbons (Fsp3) is 0. The van der Waals surface area contributed by atoms with E-state index in [0.717, 1.165) is 0 Å². The van der Waals surface area contributed by atoms with Crippen molar-refractivity contribution < 1.29 is 52.7 Å². The lowest BCUT2D eigenvalue weighted by atomic mass is 9.36. The van der Waals surface area contributed by atoms with Gasteiger partial charge in [-0.3, -0.25) is 0 Å². The first-order chi connectivity index (χ1) is 14.4. The summed E-state index contributed by atoms with van der Waals surface area (Å²) in [6.45, 7) is -3.44. The van der Waals surface area contributed by atoms with Crippen LogP contribution in [0.2, 0.25) is 0 Å². The van der Waals surface area contributed by atoms with E-state index in [2.05, 4.69) is 0 Å². The third-order valence-corrected chi connectivity index (χ3v) is 4.30. The third-order valence-electron chi connectivity index (χ3n) is 4.30. The van der Waals surface area contributed by atoms with E-state index in [1.807, 2.05) is 0 Å². The largest absolute Gasteiger partial charge is 0.265 e. The van der Waals surface area contributed by atoms with Gasteiger partial charge in [-0.15, -0.1) is 0 Å². The molecule has 0 fully saturated rings. The van der Waals surface area contributed by atoms with Crippen LogP contribution in [0.5, 0.6) is 0 Å². The van der Waals surface area contributed by atoms with Gasteiger partial charge in [-0.25, -0.2) is 52.7 Å². The van der Waals surface area contributed by atoms with Crippen LogP contribution in [0, 0.1) is 69.8 Å². The highest BCUT2D eigenvalue weighted by molar-refractivity contribution is 6.95. The Hall–Kier alpha value is -3.12. The van der Waals surface area contributed by atoms with Gasteiger partial charge in [-0.1, -0.05) is 0 Å². The second-order valence-electron chi connectivity index (χ2n) is 6.08. The minimum atomic E-state index is -3.44. The van der Waals surface area contributed by atoms with Crippen molar-refractivity contribution in [1.29, 1.82) is 0 Å². The smallest absolute Gasteiger partial charge is 0.204 e. The van der Waals surface area contributed by atoms with Gasteiger partial charge in [0.2, 0.25) is 0 Å². The van der Waals surface area contributed by atoms with Crippen LogP contribution in [0.4, 0.5) is 52.7 Å². The molecule has 31 heavy (non-hydrogen) atoms. The Balaban J connectivity index is 2.61. The van der Waals surface area contributed by atoms with Crippen LogP contribution in [0.3, 0.4) is 0 Å². The lowest BCUT2D eigenvalue weighted by Crippen LogP contribution is -2.60. The van der Waals surface area contributed by atoms with Gasteiger partial charge in [-0.2, -0.15) is 0 Å². The molecule has 0 amide bonds. The van der Waals surface area contributed by atoms with Gasteiger partial charge in [0.15, 0.2) is 69.8 Å². The third kappa shape index (κ3) is 3.51. The van der Waals surface area contributed by atoms with E-state index in [9.17, 15) is 52.7 Å². The van der Waals surface area contributed by atoms with E-state index in [-0.39, 0.29) is 0 Å². The first-order valence-electron chi connectivity index (χ1n) is 7.87. The SMILES string of the molecule is Fc1cc(F)c(F)c(B(c2c(F)c(F)cc(F)c2F)c2c(F)c(F)cc(F)c2F)c1F. The Morgan fingerprint density at radius 3 is 0.645 bits per heavy atom. The van der Waals surface area contributed by atoms with Crippen molar-refractivity contribution in [3.63, 3.8) is 0 Å². The normalized spacial score (nSPS) is 11.2. The van der Waals surface area contributed by atoms with Crippen LogP contribution in [0.1, 0.15) is 0 Å². The molecule has 3 rings (SSSR count). The van der Waals surface area contributed by atoms with Crippen molar-refractivity contribution in [2.24, 2.45) is 0 Å². The molecule has 13 heteroatoms. The van der Waals surface area contributed by atoms with E-state index in [0.29, 0.717) is 0 Å². The summed E-state index contributed by atoms with van der Waals surface area (Å²) in [4.78, 5) is 0. The quantitative estimate of drug-likeness (QED) is 0.318. The average molecular weight is 458 g/mol. The van der Waals surface area contributed by atoms with Gasteiger partial charge >= 0.3 is 0 Å². The molecule has 3 aromatic rings. The zero-order valence-corrected chi connectivity index (χ0v) is 14.3. The standard InChI is InChI=1S/C18H3BF12/c20-4-1-5(21)14(27)10(13(4)26)19(11-15(28)6(22)2-7(23)16(11)29)12-17(30)8(24)3-9(25)18(12)31/h1-3H. The molecule has 0 radical (unpaired) electrons. The first kappa shape index (κ1) is 22.6. The molecular formula is C18H3BF12. The van der Waals surface area contributed by atoms with Gasteiger partial charge in [0, 0.05) is 34.6 Å². The van der Waals surface area contributed by atoms with Crippen LogP contribution in [0.25, 0.3) is 0 Å². The maximum absolute atomic E-state index is 14.3. The Morgan fingerprint density at radius 2 is 0.484 bits per heavy atom. The molecule has 0 unspecified atom stereocenters. The lowest BCUT2D eigenvalue weighted by Gasteiger charge is -2.20. The molecule has 0 aromatic heterocycles. The first-order valence-corrected chi connectivity index (χ1v) is 7.87. The van der Waals surface area contributed by atoms with Crippen LogP contribution >= 0.6 is 0 Å². The molecule has 3 aromatic carbocycles. The maximum Gasteiger partial charge on any atom is 0.265 e. The number of hydrogen-bond donors (Lipinski definition) is 0. The number of rotatable bonds is 3. The second-order valence-corrected chi connectivity index (χ2v) is 6.08. The van der Waals surface area contributed by atoms with Crippen molar-refractivity contribution in [1.82, 2.24) is 0 Å². The van der Waals surface area contributed by atoms with E-state index >= 15 is 0 Å². The van der Waals surface area contributed by atoms with Crippen molar-refractivity contribution in [2.75, 3.05) is 0 Å². The van der Waals surface area contributed by atoms with E-state index in [1.54, 1.807) is 0 Å². The summed E-state index contributed by atoms with van der Waals surface area (Å²) in [5.41, 5.74) is -6.62. The van der Waals surface area contributed by atoms with Crippen molar-refractivity contribution >= 4 is 23.1 Å². The number of hydrogen-bond acceptors (Lipinski definition) is 0. The molecule has 0 aliphatic rings. The van der Waals surface area contributed by atoms with Gasteiger partial charge in [0.1, 0.15) is 0 Å². The van der Waals surface area contributed by atoms with Crippen molar-refractivity contribution in [3.8, 4) is 0 Å². The van der Waals surface area contributed by atoms with Crippen molar-refractivity contribution in [2.45, 2.75) is 0 Å². The van der Waals surface area contributed by atoms with Crippen molar-refractivity contribution in [3.05, 3.63) is 88.0 Å². The zero-order valence-electron chi connectivity index (χ0n) is 14.3. The Morgan fingerprint density at radius 1 is 0.323 bits per heavy atom. The molecular weight excluding hydrogens is 455 g/mol. The minimum Gasteiger partial charge on any atom is -0.204 e. The Bertz CT molecular complexity index is 994. The second kappa shape index (κ2) is 7.86. The lowest BCUT2D eigenvalue weighted by molar-refractivity contribution is 0.456. The summed E-state index contributed by atoms with van der Waals surface area (Å²) in [5, 5.41) is 0. The van der Waals surface area contributed by atoms with Crippen LogP contribution in [0.15, 0.2) is 18.2 Å². The Labute approximate surface area is 164 Å². The molecule has 0 heterocycles. The predicted molar refractivity (Wildman–Crippen MR) is 83.5 cm³/mol. The fourth-order valence-corrected chi connectivity index (χ4v) is 2.97. The summed E-state index contributed by atoms with van der Waals surface area (Å²) in [5.74, 6) is -28.6.